The molecule has 1 aliphatic carbocycles. The number of nitrogens with one attached hydrogen (secondary N) is 1. The van der Waals surface area contributed by atoms with E-state index in [-0.39, 0.29) is 22.0 Å². The lowest BCUT2D eigenvalue weighted by atomic mass is 10.2. The molecule has 28 heavy (non-hydrogen) atoms. The molecule has 1 fully saturated rings. The average Bonchev–Trinajstić information content (AvgIpc) is 3.35. The van der Waals surface area contributed by atoms with Crippen LogP contribution in [0, 0.1) is 5.92 Å². The molecule has 8 nitrogen and oxygen atoms in total. The van der Waals surface area contributed by atoms with Crippen molar-refractivity contribution in [1.82, 2.24) is 4.68 Å². The molecule has 0 unspecified atom stereocenters. The van der Waals surface area contributed by atoms with Gasteiger partial charge in [-0.3, -0.25) is 13.9 Å². The van der Waals surface area contributed by atoms with Gasteiger partial charge in [0.05, 0.1) is 15.9 Å². The molecule has 0 amide bonds. The number of pyridine rings is 1. The minimum absolute atomic E-state index is 0.0909. The van der Waals surface area contributed by atoms with Crippen LogP contribution < -0.4 is 10.9 Å². The zero-order valence-electron chi connectivity index (χ0n) is 14.4. The highest BCUT2D eigenvalue weighted by atomic mass is 32.3. The molecule has 0 saturated heterocycles. The van der Waals surface area contributed by atoms with E-state index in [1.54, 1.807) is 41.9 Å². The summed E-state index contributed by atoms with van der Waals surface area (Å²) in [5.74, 6) is 0.0161. The maximum Gasteiger partial charge on any atom is 0.286 e. The number of para-hydroxylation sites is 1. The molecule has 3 heterocycles. The summed E-state index contributed by atoms with van der Waals surface area (Å²) in [5, 5.41) is 19.8. The largest absolute Gasteiger partial charge is 0.505 e. The fraction of sp³-hybridized carbons (Fsp3) is 0.167. The van der Waals surface area contributed by atoms with Gasteiger partial charge in [0.1, 0.15) is 10.5 Å². The van der Waals surface area contributed by atoms with Crippen molar-refractivity contribution in [3.05, 3.63) is 51.6 Å². The summed E-state index contributed by atoms with van der Waals surface area (Å²) in [5.41, 5.74) is 0.195. The monoisotopic (exact) mass is 416 g/mol. The van der Waals surface area contributed by atoms with Crippen LogP contribution in [0.1, 0.15) is 18.4 Å². The number of benzene rings is 1. The Balaban J connectivity index is 1.73. The van der Waals surface area contributed by atoms with Crippen molar-refractivity contribution in [1.29, 1.82) is 0 Å². The lowest BCUT2D eigenvalue weighted by Crippen LogP contribution is -2.30. The van der Waals surface area contributed by atoms with Crippen molar-refractivity contribution in [2.24, 2.45) is 15.4 Å². The van der Waals surface area contributed by atoms with Crippen molar-refractivity contribution < 1.29 is 14.2 Å². The number of rotatable bonds is 3. The molecule has 2 aromatic heterocycles. The maximum absolute atomic E-state index is 13.2. The quantitative estimate of drug-likeness (QED) is 0.483. The van der Waals surface area contributed by atoms with Crippen LogP contribution in [0.4, 0.5) is 5.69 Å². The van der Waals surface area contributed by atoms with E-state index in [1.807, 2.05) is 0 Å². The van der Waals surface area contributed by atoms with Crippen molar-refractivity contribution >= 4 is 50.1 Å². The Hall–Kier alpha value is -2.66. The first-order valence-electron chi connectivity index (χ1n) is 8.60. The third-order valence-corrected chi connectivity index (χ3v) is 6.93. The molecule has 4 N–H and O–H groups in total. The summed E-state index contributed by atoms with van der Waals surface area (Å²) in [4.78, 5) is 13.4. The van der Waals surface area contributed by atoms with Crippen molar-refractivity contribution in [3.8, 4) is 5.75 Å². The van der Waals surface area contributed by atoms with Crippen molar-refractivity contribution in [2.45, 2.75) is 17.7 Å². The normalized spacial score (nSPS) is 19.3. The van der Waals surface area contributed by atoms with Gasteiger partial charge in [-0.25, -0.2) is 0 Å². The molecule has 10 heteroatoms. The SMILES string of the molecule is O=c1c(C2=NS(O)(O)c3ccccc3N2)c(O)c2sccc2n1/N=C/C1CC1. The van der Waals surface area contributed by atoms with Gasteiger partial charge in [-0.1, -0.05) is 22.9 Å². The number of amidine groups is 1. The Morgan fingerprint density at radius 1 is 1.29 bits per heavy atom. The Bertz CT molecular complexity index is 1220. The molecule has 1 aliphatic heterocycles. The summed E-state index contributed by atoms with van der Waals surface area (Å²) in [6.45, 7) is 0. The van der Waals surface area contributed by atoms with Crippen LogP contribution in [0.25, 0.3) is 10.2 Å². The Morgan fingerprint density at radius 3 is 2.86 bits per heavy atom. The number of fused-ring (bicyclic) bond motifs is 2. The fourth-order valence-electron chi connectivity index (χ4n) is 3.05. The molecule has 5 rings (SSSR count). The molecule has 0 atom stereocenters. The van der Waals surface area contributed by atoms with Crippen LogP contribution >= 0.6 is 22.1 Å². The van der Waals surface area contributed by atoms with E-state index in [9.17, 15) is 19.0 Å². The van der Waals surface area contributed by atoms with Gasteiger partial charge in [-0.15, -0.1) is 15.7 Å². The minimum Gasteiger partial charge on any atom is -0.505 e. The number of aromatic nitrogens is 1. The van der Waals surface area contributed by atoms with Gasteiger partial charge in [0.15, 0.2) is 11.6 Å². The van der Waals surface area contributed by atoms with Crippen molar-refractivity contribution in [2.75, 3.05) is 5.32 Å². The van der Waals surface area contributed by atoms with Gasteiger partial charge < -0.3 is 10.4 Å². The number of anilines is 1. The van der Waals surface area contributed by atoms with Crippen LogP contribution in [0.3, 0.4) is 0 Å². The second-order valence-corrected chi connectivity index (χ2v) is 9.23. The molecule has 144 valence electrons. The number of hydrogen-bond acceptors (Lipinski definition) is 8. The molecule has 1 saturated carbocycles. The average molecular weight is 416 g/mol. The lowest BCUT2D eigenvalue weighted by Gasteiger charge is -2.34. The zero-order valence-corrected chi connectivity index (χ0v) is 16.1. The van der Waals surface area contributed by atoms with Crippen molar-refractivity contribution in [3.63, 3.8) is 0 Å². The predicted octanol–water partition coefficient (Wildman–Crippen LogP) is 3.91. The Kier molecular flexibility index (Phi) is 3.85. The molecular formula is C18H16N4O4S2. The standard InChI is InChI=1S/C18H16N4O4S2/c23-15-14(17-20-11-3-1-2-4-13(11)28(25,26)21-17)18(24)22(19-9-10-5-6-10)12-7-8-27-16(12)15/h1-4,7-10,23,25-26H,5-6H2,(H,20,21)/b19-9+. The highest BCUT2D eigenvalue weighted by molar-refractivity contribution is 8.23. The van der Waals surface area contributed by atoms with E-state index in [0.717, 1.165) is 12.8 Å². The van der Waals surface area contributed by atoms with Crippen LogP contribution in [0.15, 0.2) is 54.9 Å². The van der Waals surface area contributed by atoms with Gasteiger partial charge in [0.2, 0.25) is 0 Å². The van der Waals surface area contributed by atoms with Crippen LogP contribution in [0.2, 0.25) is 0 Å². The molecular weight excluding hydrogens is 400 g/mol. The summed E-state index contributed by atoms with van der Waals surface area (Å²) in [6, 6.07) is 8.32. The Morgan fingerprint density at radius 2 is 2.07 bits per heavy atom. The van der Waals surface area contributed by atoms with Crippen LogP contribution in [-0.4, -0.2) is 30.9 Å². The summed E-state index contributed by atoms with van der Waals surface area (Å²) < 4.78 is 26.6. The van der Waals surface area contributed by atoms with Gasteiger partial charge in [0.25, 0.3) is 5.56 Å². The smallest absolute Gasteiger partial charge is 0.286 e. The first-order chi connectivity index (χ1) is 13.5. The Labute approximate surface area is 165 Å². The number of hydrogen-bond donors (Lipinski definition) is 4. The molecule has 0 radical (unpaired) electrons. The molecule has 2 aliphatic rings. The topological polar surface area (TPSA) is 119 Å². The third kappa shape index (κ3) is 2.73. The predicted molar refractivity (Wildman–Crippen MR) is 112 cm³/mol. The molecule has 3 aromatic rings. The lowest BCUT2D eigenvalue weighted by molar-refractivity contribution is 0.479. The van der Waals surface area contributed by atoms with Gasteiger partial charge in [-0.2, -0.15) is 9.78 Å². The van der Waals surface area contributed by atoms with E-state index in [0.29, 0.717) is 21.8 Å². The van der Waals surface area contributed by atoms with E-state index in [2.05, 4.69) is 14.8 Å². The van der Waals surface area contributed by atoms with Gasteiger partial charge in [0, 0.05) is 6.21 Å². The van der Waals surface area contributed by atoms with E-state index in [4.69, 9.17) is 0 Å². The van der Waals surface area contributed by atoms with Gasteiger partial charge in [-0.05, 0) is 42.3 Å². The first kappa shape index (κ1) is 17.4. The summed E-state index contributed by atoms with van der Waals surface area (Å²) >= 11 is 1.27. The molecule has 0 bridgehead atoms. The summed E-state index contributed by atoms with van der Waals surface area (Å²) in [7, 11) is -3.51. The second kappa shape index (κ2) is 6.17. The molecule has 0 spiro atoms. The fourth-order valence-corrected chi connectivity index (χ4v) is 5.04. The van der Waals surface area contributed by atoms with Crippen LogP contribution in [0.5, 0.6) is 5.75 Å². The van der Waals surface area contributed by atoms with E-state index >= 15 is 0 Å². The van der Waals surface area contributed by atoms with E-state index < -0.39 is 16.3 Å². The number of thiophene rings is 1. The highest BCUT2D eigenvalue weighted by Gasteiger charge is 2.30. The second-order valence-electron chi connectivity index (χ2n) is 6.66. The number of nitrogens with zero attached hydrogens (tertiary/aromatic N) is 3. The maximum atomic E-state index is 13.2. The van der Waals surface area contributed by atoms with Crippen LogP contribution in [-0.2, 0) is 0 Å². The molecule has 1 aromatic carbocycles. The first-order valence-corrected chi connectivity index (χ1v) is 11.0. The van der Waals surface area contributed by atoms with E-state index in [1.165, 1.54) is 16.0 Å². The summed E-state index contributed by atoms with van der Waals surface area (Å²) in [6.07, 6.45) is 3.82. The number of aromatic hydroxyl groups is 1. The highest BCUT2D eigenvalue weighted by Crippen LogP contribution is 2.55. The van der Waals surface area contributed by atoms with Gasteiger partial charge >= 0.3 is 0 Å². The minimum atomic E-state index is -3.51. The zero-order chi connectivity index (χ0) is 19.5. The third-order valence-electron chi connectivity index (χ3n) is 4.64.